The van der Waals surface area contributed by atoms with Crippen LogP contribution in [0.1, 0.15) is 18.0 Å². The SMILES string of the molecule is COCC(=O)NC1CCSc2ccc(F)cc21. The fourth-order valence-corrected chi connectivity index (χ4v) is 2.99. The molecule has 0 radical (unpaired) electrons. The fraction of sp³-hybridized carbons (Fsp3) is 0.417. The number of rotatable bonds is 3. The molecule has 0 spiro atoms. The van der Waals surface area contributed by atoms with Gasteiger partial charge in [-0.15, -0.1) is 11.8 Å². The van der Waals surface area contributed by atoms with Crippen LogP contribution in [0.4, 0.5) is 4.39 Å². The van der Waals surface area contributed by atoms with E-state index >= 15 is 0 Å². The van der Waals surface area contributed by atoms with Crippen molar-refractivity contribution in [3.8, 4) is 0 Å². The molecule has 1 aliphatic rings. The standard InChI is InChI=1S/C12H14FNO2S/c1-16-7-12(15)14-10-4-5-17-11-3-2-8(13)6-9(10)11/h2-3,6,10H,4-5,7H2,1H3,(H,14,15). The van der Waals surface area contributed by atoms with Crippen LogP contribution in [0.5, 0.6) is 0 Å². The first kappa shape index (κ1) is 12.4. The van der Waals surface area contributed by atoms with Gasteiger partial charge in [0.1, 0.15) is 12.4 Å². The first-order chi connectivity index (χ1) is 8.20. The molecule has 1 unspecified atom stereocenters. The Hall–Kier alpha value is -1.07. The molecule has 1 aromatic carbocycles. The van der Waals surface area contributed by atoms with E-state index in [1.807, 2.05) is 0 Å². The van der Waals surface area contributed by atoms with Crippen molar-refractivity contribution in [2.45, 2.75) is 17.4 Å². The molecule has 0 aromatic heterocycles. The van der Waals surface area contributed by atoms with Crippen LogP contribution in [0.3, 0.4) is 0 Å². The van der Waals surface area contributed by atoms with E-state index in [0.717, 1.165) is 22.6 Å². The number of ether oxygens (including phenoxy) is 1. The number of benzene rings is 1. The number of hydrogen-bond acceptors (Lipinski definition) is 3. The average Bonchev–Trinajstić information content (AvgIpc) is 2.30. The van der Waals surface area contributed by atoms with Crippen LogP contribution in [0.15, 0.2) is 23.1 Å². The van der Waals surface area contributed by atoms with Gasteiger partial charge in [-0.1, -0.05) is 0 Å². The molecule has 0 saturated heterocycles. The zero-order chi connectivity index (χ0) is 12.3. The summed E-state index contributed by atoms with van der Waals surface area (Å²) < 4.78 is 18.0. The normalized spacial score (nSPS) is 18.6. The Morgan fingerprint density at radius 2 is 2.47 bits per heavy atom. The van der Waals surface area contributed by atoms with Crippen molar-refractivity contribution in [2.75, 3.05) is 19.5 Å². The lowest BCUT2D eigenvalue weighted by Gasteiger charge is -2.25. The summed E-state index contributed by atoms with van der Waals surface area (Å²) in [6.07, 6.45) is 0.816. The van der Waals surface area contributed by atoms with E-state index in [1.54, 1.807) is 17.8 Å². The van der Waals surface area contributed by atoms with Gasteiger partial charge in [0.25, 0.3) is 0 Å². The molecule has 1 atom stereocenters. The molecule has 1 N–H and O–H groups in total. The minimum Gasteiger partial charge on any atom is -0.375 e. The third-order valence-electron chi connectivity index (χ3n) is 2.62. The molecule has 92 valence electrons. The lowest BCUT2D eigenvalue weighted by Crippen LogP contribution is -2.33. The second-order valence-corrected chi connectivity index (χ2v) is 5.01. The minimum atomic E-state index is -0.266. The Morgan fingerprint density at radius 1 is 1.65 bits per heavy atom. The van der Waals surface area contributed by atoms with Gasteiger partial charge in [0, 0.05) is 17.8 Å². The highest BCUT2D eigenvalue weighted by atomic mass is 32.2. The summed E-state index contributed by atoms with van der Waals surface area (Å²) in [5.74, 6) is 0.494. The first-order valence-corrected chi connectivity index (χ1v) is 6.40. The second-order valence-electron chi connectivity index (χ2n) is 3.87. The van der Waals surface area contributed by atoms with E-state index in [2.05, 4.69) is 5.32 Å². The van der Waals surface area contributed by atoms with Crippen molar-refractivity contribution in [2.24, 2.45) is 0 Å². The van der Waals surface area contributed by atoms with Gasteiger partial charge < -0.3 is 10.1 Å². The van der Waals surface area contributed by atoms with Crippen LogP contribution in [-0.4, -0.2) is 25.4 Å². The molecular formula is C12H14FNO2S. The molecule has 0 fully saturated rings. The predicted octanol–water partition coefficient (Wildman–Crippen LogP) is 2.13. The Morgan fingerprint density at radius 3 is 3.24 bits per heavy atom. The van der Waals surface area contributed by atoms with Crippen LogP contribution in [-0.2, 0) is 9.53 Å². The predicted molar refractivity (Wildman–Crippen MR) is 64.5 cm³/mol. The molecule has 1 aromatic rings. The van der Waals surface area contributed by atoms with Gasteiger partial charge in [-0.2, -0.15) is 0 Å². The molecule has 17 heavy (non-hydrogen) atoms. The Kier molecular flexibility index (Phi) is 4.02. The number of amides is 1. The van der Waals surface area contributed by atoms with Crippen LogP contribution in [0.25, 0.3) is 0 Å². The molecule has 1 aliphatic heterocycles. The Bertz CT molecular complexity index is 425. The summed E-state index contributed by atoms with van der Waals surface area (Å²) in [5.41, 5.74) is 0.866. The lowest BCUT2D eigenvalue weighted by molar-refractivity contribution is -0.125. The zero-order valence-electron chi connectivity index (χ0n) is 9.53. The minimum absolute atomic E-state index is 0.0360. The van der Waals surface area contributed by atoms with Crippen molar-refractivity contribution in [3.05, 3.63) is 29.6 Å². The van der Waals surface area contributed by atoms with E-state index in [4.69, 9.17) is 4.74 Å². The highest BCUT2D eigenvalue weighted by molar-refractivity contribution is 7.99. The van der Waals surface area contributed by atoms with Gasteiger partial charge in [-0.05, 0) is 30.2 Å². The van der Waals surface area contributed by atoms with Gasteiger partial charge in [-0.3, -0.25) is 4.79 Å². The lowest BCUT2D eigenvalue weighted by atomic mass is 10.0. The second kappa shape index (κ2) is 5.51. The van der Waals surface area contributed by atoms with E-state index in [9.17, 15) is 9.18 Å². The third kappa shape index (κ3) is 2.98. The van der Waals surface area contributed by atoms with Crippen molar-refractivity contribution >= 4 is 17.7 Å². The number of halogens is 1. The number of carbonyl (C=O) groups is 1. The Balaban J connectivity index is 2.16. The molecule has 5 heteroatoms. The third-order valence-corrected chi connectivity index (χ3v) is 3.74. The van der Waals surface area contributed by atoms with Crippen molar-refractivity contribution in [3.63, 3.8) is 0 Å². The topological polar surface area (TPSA) is 38.3 Å². The molecule has 3 nitrogen and oxygen atoms in total. The van der Waals surface area contributed by atoms with Gasteiger partial charge >= 0.3 is 0 Å². The molecule has 1 amide bonds. The Labute approximate surface area is 104 Å². The number of hydrogen-bond donors (Lipinski definition) is 1. The molecule has 0 aliphatic carbocycles. The summed E-state index contributed by atoms with van der Waals surface area (Å²) in [6, 6.07) is 4.61. The zero-order valence-corrected chi connectivity index (χ0v) is 10.3. The maximum absolute atomic E-state index is 13.2. The maximum Gasteiger partial charge on any atom is 0.246 e. The van der Waals surface area contributed by atoms with Gasteiger partial charge in [0.2, 0.25) is 5.91 Å². The molecule has 0 bridgehead atoms. The number of carbonyl (C=O) groups excluding carboxylic acids is 1. The van der Waals surface area contributed by atoms with Gasteiger partial charge in [0.05, 0.1) is 6.04 Å². The van der Waals surface area contributed by atoms with Crippen LogP contribution < -0.4 is 5.32 Å². The summed E-state index contributed by atoms with van der Waals surface area (Å²) in [5, 5.41) is 2.86. The summed E-state index contributed by atoms with van der Waals surface area (Å²) in [6.45, 7) is 0.0360. The quantitative estimate of drug-likeness (QED) is 0.899. The molecule has 0 saturated carbocycles. The van der Waals surface area contributed by atoms with Crippen molar-refractivity contribution in [1.82, 2.24) is 5.32 Å². The first-order valence-electron chi connectivity index (χ1n) is 5.41. The highest BCUT2D eigenvalue weighted by Crippen LogP contribution is 2.36. The van der Waals surface area contributed by atoms with Crippen LogP contribution in [0, 0.1) is 5.82 Å². The largest absolute Gasteiger partial charge is 0.375 e. The number of nitrogens with one attached hydrogen (secondary N) is 1. The summed E-state index contributed by atoms with van der Waals surface area (Å²) >= 11 is 1.69. The van der Waals surface area contributed by atoms with E-state index < -0.39 is 0 Å². The highest BCUT2D eigenvalue weighted by Gasteiger charge is 2.22. The van der Waals surface area contributed by atoms with Crippen molar-refractivity contribution in [1.29, 1.82) is 0 Å². The molecule has 1 heterocycles. The number of methoxy groups -OCH3 is 1. The number of thioether (sulfide) groups is 1. The fourth-order valence-electron chi connectivity index (χ4n) is 1.88. The smallest absolute Gasteiger partial charge is 0.246 e. The van der Waals surface area contributed by atoms with Gasteiger partial charge in [-0.25, -0.2) is 4.39 Å². The van der Waals surface area contributed by atoms with E-state index in [-0.39, 0.29) is 24.4 Å². The number of fused-ring (bicyclic) bond motifs is 1. The van der Waals surface area contributed by atoms with Crippen molar-refractivity contribution < 1.29 is 13.9 Å². The summed E-state index contributed by atoms with van der Waals surface area (Å²) in [7, 11) is 1.48. The van der Waals surface area contributed by atoms with E-state index in [1.165, 1.54) is 19.2 Å². The van der Waals surface area contributed by atoms with Gasteiger partial charge in [0.15, 0.2) is 0 Å². The van der Waals surface area contributed by atoms with E-state index in [0.29, 0.717) is 0 Å². The molecular weight excluding hydrogens is 241 g/mol. The maximum atomic E-state index is 13.2. The van der Waals surface area contributed by atoms with Crippen LogP contribution >= 0.6 is 11.8 Å². The average molecular weight is 255 g/mol. The monoisotopic (exact) mass is 255 g/mol. The summed E-state index contributed by atoms with van der Waals surface area (Å²) in [4.78, 5) is 12.5. The molecule has 2 rings (SSSR count). The van der Waals surface area contributed by atoms with Crippen LogP contribution in [0.2, 0.25) is 0 Å².